The van der Waals surface area contributed by atoms with Crippen molar-refractivity contribution in [3.63, 3.8) is 0 Å². The lowest BCUT2D eigenvalue weighted by atomic mass is 10.2. The smallest absolute Gasteiger partial charge is 0.242 e. The minimum atomic E-state index is -3.37. The highest BCUT2D eigenvalue weighted by Crippen LogP contribution is 2.19. The fraction of sp³-hybridized carbons (Fsp3) is 0.364. The standard InChI is InChI=1S/C11H14BrNO3S/c1-7-4-9(12)6-10(5-7)13-11(14)8(2)17(3,15)16/h4-6,8H,1-3H3,(H,13,14). The van der Waals surface area contributed by atoms with Gasteiger partial charge in [-0.3, -0.25) is 4.79 Å². The van der Waals surface area contributed by atoms with E-state index in [2.05, 4.69) is 21.2 Å². The maximum atomic E-state index is 11.7. The molecule has 1 aromatic rings. The van der Waals surface area contributed by atoms with Crippen LogP contribution in [0.5, 0.6) is 0 Å². The lowest BCUT2D eigenvalue weighted by Gasteiger charge is -2.11. The summed E-state index contributed by atoms with van der Waals surface area (Å²) in [7, 11) is -3.37. The molecule has 1 N–H and O–H groups in total. The maximum Gasteiger partial charge on any atom is 0.242 e. The van der Waals surface area contributed by atoms with Crippen LogP contribution in [0.15, 0.2) is 22.7 Å². The number of halogens is 1. The molecule has 0 aromatic heterocycles. The molecule has 1 aromatic carbocycles. The number of carbonyl (C=O) groups is 1. The third kappa shape index (κ3) is 4.12. The van der Waals surface area contributed by atoms with Gasteiger partial charge >= 0.3 is 0 Å². The molecule has 1 atom stereocenters. The predicted molar refractivity (Wildman–Crippen MR) is 71.8 cm³/mol. The maximum absolute atomic E-state index is 11.7. The molecule has 0 saturated heterocycles. The lowest BCUT2D eigenvalue weighted by Crippen LogP contribution is -2.31. The zero-order valence-corrected chi connectivity index (χ0v) is 12.2. The van der Waals surface area contributed by atoms with E-state index in [1.54, 1.807) is 12.1 Å². The van der Waals surface area contributed by atoms with Crippen molar-refractivity contribution in [1.29, 1.82) is 0 Å². The number of anilines is 1. The number of hydrogen-bond acceptors (Lipinski definition) is 3. The molecule has 0 fully saturated rings. The van der Waals surface area contributed by atoms with Crippen LogP contribution < -0.4 is 5.32 Å². The first kappa shape index (κ1) is 14.2. The van der Waals surface area contributed by atoms with Gasteiger partial charge in [-0.05, 0) is 37.6 Å². The number of nitrogens with one attached hydrogen (secondary N) is 1. The van der Waals surface area contributed by atoms with Crippen molar-refractivity contribution in [3.05, 3.63) is 28.2 Å². The highest BCUT2D eigenvalue weighted by molar-refractivity contribution is 9.10. The number of aryl methyl sites for hydroxylation is 1. The predicted octanol–water partition coefficient (Wildman–Crippen LogP) is 2.13. The monoisotopic (exact) mass is 319 g/mol. The van der Waals surface area contributed by atoms with Crippen LogP contribution in [0.2, 0.25) is 0 Å². The molecular weight excluding hydrogens is 306 g/mol. The minimum Gasteiger partial charge on any atom is -0.325 e. The summed E-state index contributed by atoms with van der Waals surface area (Å²) in [5.74, 6) is -0.523. The van der Waals surface area contributed by atoms with Gasteiger partial charge in [-0.25, -0.2) is 8.42 Å². The van der Waals surface area contributed by atoms with E-state index >= 15 is 0 Å². The molecule has 0 saturated carbocycles. The molecule has 1 rings (SSSR count). The Balaban J connectivity index is 2.89. The Labute approximate surface area is 109 Å². The van der Waals surface area contributed by atoms with Gasteiger partial charge in [0.2, 0.25) is 5.91 Å². The molecule has 94 valence electrons. The molecule has 0 aliphatic rings. The molecule has 4 nitrogen and oxygen atoms in total. The van der Waals surface area contributed by atoms with E-state index in [9.17, 15) is 13.2 Å². The normalized spacial score (nSPS) is 13.2. The van der Waals surface area contributed by atoms with Gasteiger partial charge in [-0.15, -0.1) is 0 Å². The number of amides is 1. The summed E-state index contributed by atoms with van der Waals surface area (Å²) < 4.78 is 23.3. The van der Waals surface area contributed by atoms with Crippen molar-refractivity contribution < 1.29 is 13.2 Å². The Morgan fingerprint density at radius 1 is 1.35 bits per heavy atom. The third-order valence-electron chi connectivity index (χ3n) is 2.32. The van der Waals surface area contributed by atoms with Crippen molar-refractivity contribution in [2.24, 2.45) is 0 Å². The Morgan fingerprint density at radius 3 is 2.41 bits per heavy atom. The first-order chi connectivity index (χ1) is 7.70. The first-order valence-corrected chi connectivity index (χ1v) is 7.72. The van der Waals surface area contributed by atoms with E-state index in [0.717, 1.165) is 16.3 Å². The molecular formula is C11H14BrNO3S. The Morgan fingerprint density at radius 2 is 1.94 bits per heavy atom. The van der Waals surface area contributed by atoms with E-state index in [1.807, 2.05) is 13.0 Å². The molecule has 6 heteroatoms. The quantitative estimate of drug-likeness (QED) is 0.928. The van der Waals surface area contributed by atoms with E-state index in [0.29, 0.717) is 5.69 Å². The second-order valence-electron chi connectivity index (χ2n) is 3.98. The SMILES string of the molecule is Cc1cc(Br)cc(NC(=O)C(C)S(C)(=O)=O)c1. The second kappa shape index (κ2) is 5.18. The van der Waals surface area contributed by atoms with Gasteiger partial charge in [0, 0.05) is 16.4 Å². The molecule has 1 unspecified atom stereocenters. The highest BCUT2D eigenvalue weighted by atomic mass is 79.9. The molecule has 0 radical (unpaired) electrons. The number of benzene rings is 1. The zero-order valence-electron chi connectivity index (χ0n) is 9.82. The van der Waals surface area contributed by atoms with Crippen LogP contribution in [0.1, 0.15) is 12.5 Å². The molecule has 0 spiro atoms. The van der Waals surface area contributed by atoms with Crippen molar-refractivity contribution >= 4 is 37.4 Å². The Bertz CT molecular complexity index is 519. The van der Waals surface area contributed by atoms with Crippen LogP contribution >= 0.6 is 15.9 Å². The number of carbonyl (C=O) groups excluding carboxylic acids is 1. The number of hydrogen-bond donors (Lipinski definition) is 1. The van der Waals surface area contributed by atoms with Crippen molar-refractivity contribution in [1.82, 2.24) is 0 Å². The van der Waals surface area contributed by atoms with Crippen LogP contribution in [0.25, 0.3) is 0 Å². The average molecular weight is 320 g/mol. The van der Waals surface area contributed by atoms with Crippen molar-refractivity contribution in [2.75, 3.05) is 11.6 Å². The average Bonchev–Trinajstić information content (AvgIpc) is 2.13. The van der Waals surface area contributed by atoms with Crippen LogP contribution in [0.3, 0.4) is 0 Å². The van der Waals surface area contributed by atoms with Gasteiger partial charge in [0.1, 0.15) is 5.25 Å². The highest BCUT2D eigenvalue weighted by Gasteiger charge is 2.23. The summed E-state index contributed by atoms with van der Waals surface area (Å²) in [5, 5.41) is 1.53. The van der Waals surface area contributed by atoms with Crippen molar-refractivity contribution in [2.45, 2.75) is 19.1 Å². The Kier molecular flexibility index (Phi) is 4.32. The third-order valence-corrected chi connectivity index (χ3v) is 4.28. The molecule has 0 bridgehead atoms. The summed E-state index contributed by atoms with van der Waals surface area (Å²) >= 11 is 3.31. The fourth-order valence-corrected chi connectivity index (χ4v) is 2.30. The van der Waals surface area contributed by atoms with E-state index in [4.69, 9.17) is 0 Å². The summed E-state index contributed by atoms with van der Waals surface area (Å²) in [6, 6.07) is 5.40. The summed E-state index contributed by atoms with van der Waals surface area (Å²) in [4.78, 5) is 11.7. The van der Waals surface area contributed by atoms with E-state index < -0.39 is 21.0 Å². The summed E-state index contributed by atoms with van der Waals surface area (Å²) in [6.45, 7) is 3.26. The minimum absolute atomic E-state index is 0.523. The molecule has 17 heavy (non-hydrogen) atoms. The summed E-state index contributed by atoms with van der Waals surface area (Å²) in [5.41, 5.74) is 1.55. The van der Waals surface area contributed by atoms with Gasteiger partial charge < -0.3 is 5.32 Å². The molecule has 0 aliphatic heterocycles. The first-order valence-electron chi connectivity index (χ1n) is 4.97. The van der Waals surface area contributed by atoms with Crippen LogP contribution in [0, 0.1) is 6.92 Å². The number of rotatable bonds is 3. The fourth-order valence-electron chi connectivity index (χ4n) is 1.25. The van der Waals surface area contributed by atoms with Gasteiger partial charge in [0.05, 0.1) is 0 Å². The van der Waals surface area contributed by atoms with Gasteiger partial charge in [-0.2, -0.15) is 0 Å². The van der Waals surface area contributed by atoms with Crippen molar-refractivity contribution in [3.8, 4) is 0 Å². The van der Waals surface area contributed by atoms with Crippen LogP contribution in [-0.2, 0) is 14.6 Å². The topological polar surface area (TPSA) is 63.2 Å². The lowest BCUT2D eigenvalue weighted by molar-refractivity contribution is -0.115. The molecule has 0 heterocycles. The zero-order chi connectivity index (χ0) is 13.2. The van der Waals surface area contributed by atoms with Crippen LogP contribution in [0.4, 0.5) is 5.69 Å². The summed E-state index contributed by atoms with van der Waals surface area (Å²) in [6.07, 6.45) is 1.05. The Hall–Kier alpha value is -0.880. The van der Waals surface area contributed by atoms with Crippen LogP contribution in [-0.4, -0.2) is 25.8 Å². The van der Waals surface area contributed by atoms with E-state index in [-0.39, 0.29) is 0 Å². The second-order valence-corrected chi connectivity index (χ2v) is 7.26. The number of sulfone groups is 1. The van der Waals surface area contributed by atoms with Gasteiger partial charge in [0.25, 0.3) is 0 Å². The van der Waals surface area contributed by atoms with Gasteiger partial charge in [-0.1, -0.05) is 15.9 Å². The molecule has 0 aliphatic carbocycles. The molecule has 1 amide bonds. The largest absolute Gasteiger partial charge is 0.325 e. The van der Waals surface area contributed by atoms with E-state index in [1.165, 1.54) is 6.92 Å². The van der Waals surface area contributed by atoms with Gasteiger partial charge in [0.15, 0.2) is 9.84 Å².